The second-order valence-corrected chi connectivity index (χ2v) is 10.6. The molecule has 2 aromatic rings. The molecule has 1 heterocycles. The van der Waals surface area contributed by atoms with Gasteiger partial charge in [-0.2, -0.15) is 0 Å². The van der Waals surface area contributed by atoms with Crippen molar-refractivity contribution in [3.05, 3.63) is 66.7 Å². The molecule has 0 spiro atoms. The average molecular weight is 507 g/mol. The minimum Gasteiger partial charge on any atom is -0.494 e. The molecule has 37 heavy (non-hydrogen) atoms. The maximum absolute atomic E-state index is 6.06. The van der Waals surface area contributed by atoms with Gasteiger partial charge in [-0.05, 0) is 48.9 Å². The van der Waals surface area contributed by atoms with Crippen LogP contribution in [0, 0.1) is 5.92 Å². The number of unbranched alkanes of at least 4 members (excludes halogenated alkanes) is 11. The summed E-state index contributed by atoms with van der Waals surface area (Å²) >= 11 is 0. The first-order valence-electron chi connectivity index (χ1n) is 15.0. The molecule has 1 aliphatic heterocycles. The van der Waals surface area contributed by atoms with Gasteiger partial charge in [-0.15, -0.1) is 6.58 Å². The maximum Gasteiger partial charge on any atom is 0.183 e. The van der Waals surface area contributed by atoms with Crippen molar-refractivity contribution < 1.29 is 14.2 Å². The van der Waals surface area contributed by atoms with E-state index in [0.717, 1.165) is 44.0 Å². The number of rotatable bonds is 19. The topological polar surface area (TPSA) is 27.7 Å². The summed E-state index contributed by atoms with van der Waals surface area (Å²) in [6.45, 7) is 8.45. The lowest BCUT2D eigenvalue weighted by molar-refractivity contribution is -0.206. The Hall–Kier alpha value is -2.10. The van der Waals surface area contributed by atoms with Crippen molar-refractivity contribution >= 4 is 0 Å². The molecular formula is C34H50O3. The van der Waals surface area contributed by atoms with E-state index in [9.17, 15) is 0 Å². The number of ether oxygens (including phenoxy) is 3. The first-order chi connectivity index (χ1) is 18.3. The fraction of sp³-hybridized carbons (Fsp3) is 0.588. The lowest BCUT2D eigenvalue weighted by Gasteiger charge is -2.29. The van der Waals surface area contributed by atoms with E-state index in [-0.39, 0.29) is 6.29 Å². The molecule has 0 saturated carbocycles. The Morgan fingerprint density at radius 1 is 0.730 bits per heavy atom. The van der Waals surface area contributed by atoms with E-state index in [2.05, 4.69) is 62.0 Å². The van der Waals surface area contributed by atoms with Crippen molar-refractivity contribution in [1.29, 1.82) is 0 Å². The van der Waals surface area contributed by atoms with E-state index in [0.29, 0.717) is 5.92 Å². The smallest absolute Gasteiger partial charge is 0.183 e. The second-order valence-electron chi connectivity index (χ2n) is 10.6. The molecule has 0 radical (unpaired) electrons. The molecule has 2 aromatic carbocycles. The van der Waals surface area contributed by atoms with Gasteiger partial charge < -0.3 is 14.2 Å². The zero-order valence-electron chi connectivity index (χ0n) is 23.3. The molecule has 1 fully saturated rings. The van der Waals surface area contributed by atoms with Crippen LogP contribution in [0.5, 0.6) is 5.75 Å². The van der Waals surface area contributed by atoms with Crippen molar-refractivity contribution in [2.45, 2.75) is 103 Å². The minimum atomic E-state index is -0.238. The maximum atomic E-state index is 6.06. The highest BCUT2D eigenvalue weighted by atomic mass is 16.7. The summed E-state index contributed by atoms with van der Waals surface area (Å²) in [5.41, 5.74) is 3.50. The normalized spacial score (nSPS) is 17.5. The predicted octanol–water partition coefficient (Wildman–Crippen LogP) is 10.1. The van der Waals surface area contributed by atoms with Gasteiger partial charge in [-0.3, -0.25) is 0 Å². The molecule has 3 nitrogen and oxygen atoms in total. The van der Waals surface area contributed by atoms with Crippen molar-refractivity contribution in [2.75, 3.05) is 19.8 Å². The van der Waals surface area contributed by atoms with E-state index in [1.807, 2.05) is 6.08 Å². The Bertz CT molecular complexity index is 834. The summed E-state index contributed by atoms with van der Waals surface area (Å²) in [6.07, 6.45) is 19.8. The summed E-state index contributed by atoms with van der Waals surface area (Å²) in [5.74, 6) is 1.49. The molecule has 204 valence electrons. The van der Waals surface area contributed by atoms with E-state index < -0.39 is 0 Å². The third-order valence-electron chi connectivity index (χ3n) is 7.37. The van der Waals surface area contributed by atoms with Gasteiger partial charge in [-0.25, -0.2) is 0 Å². The Balaban J connectivity index is 1.31. The molecule has 0 amide bonds. The van der Waals surface area contributed by atoms with Gasteiger partial charge in [0.15, 0.2) is 6.29 Å². The SMILES string of the molecule is C=CCCCCCCCCCOc1ccc(-c2ccc([C@H]3OC[C@H](CCCCCCC)CO3)cc2)cc1. The van der Waals surface area contributed by atoms with E-state index in [4.69, 9.17) is 14.2 Å². The molecular weight excluding hydrogens is 456 g/mol. The van der Waals surface area contributed by atoms with Crippen molar-refractivity contribution in [2.24, 2.45) is 5.92 Å². The van der Waals surface area contributed by atoms with Crippen LogP contribution in [-0.2, 0) is 9.47 Å². The van der Waals surface area contributed by atoms with Crippen LogP contribution in [0.4, 0.5) is 0 Å². The number of hydrogen-bond donors (Lipinski definition) is 0. The lowest BCUT2D eigenvalue weighted by Crippen LogP contribution is -2.27. The van der Waals surface area contributed by atoms with Gasteiger partial charge in [0.2, 0.25) is 0 Å². The largest absolute Gasteiger partial charge is 0.494 e. The van der Waals surface area contributed by atoms with Gasteiger partial charge in [0, 0.05) is 11.5 Å². The molecule has 0 N–H and O–H groups in total. The molecule has 1 saturated heterocycles. The zero-order valence-corrected chi connectivity index (χ0v) is 23.3. The number of benzene rings is 2. The summed E-state index contributed by atoms with van der Waals surface area (Å²) in [5, 5.41) is 0. The second kappa shape index (κ2) is 18.2. The Morgan fingerprint density at radius 2 is 1.30 bits per heavy atom. The van der Waals surface area contributed by atoms with Gasteiger partial charge in [0.25, 0.3) is 0 Å². The third-order valence-corrected chi connectivity index (χ3v) is 7.37. The molecule has 3 rings (SSSR count). The van der Waals surface area contributed by atoms with Gasteiger partial charge in [-0.1, -0.05) is 114 Å². The third kappa shape index (κ3) is 11.4. The van der Waals surface area contributed by atoms with Crippen LogP contribution < -0.4 is 4.74 Å². The van der Waals surface area contributed by atoms with Crippen molar-refractivity contribution in [3.63, 3.8) is 0 Å². The molecule has 0 aliphatic carbocycles. The van der Waals surface area contributed by atoms with Crippen molar-refractivity contribution in [1.82, 2.24) is 0 Å². The van der Waals surface area contributed by atoms with Crippen LogP contribution in [0.2, 0.25) is 0 Å². The minimum absolute atomic E-state index is 0.238. The zero-order chi connectivity index (χ0) is 26.0. The first-order valence-corrected chi connectivity index (χ1v) is 15.0. The molecule has 3 heteroatoms. The predicted molar refractivity (Wildman–Crippen MR) is 156 cm³/mol. The van der Waals surface area contributed by atoms with Crippen LogP contribution in [0.3, 0.4) is 0 Å². The van der Waals surface area contributed by atoms with Crippen LogP contribution in [0.15, 0.2) is 61.2 Å². The van der Waals surface area contributed by atoms with Gasteiger partial charge >= 0.3 is 0 Å². The first kappa shape index (κ1) is 29.5. The standard InChI is InChI=1S/C34H50O3/c1-3-5-7-9-10-11-12-14-16-26-35-33-24-22-31(23-25-33)30-18-20-32(21-19-30)34-36-27-29(28-37-34)17-15-13-8-6-4-2/h3,18-25,29,34H,1,4-17,26-28H2,2H3/t29-,34-. The molecule has 1 aliphatic rings. The molecule has 0 unspecified atom stereocenters. The number of allylic oxidation sites excluding steroid dienone is 1. The highest BCUT2D eigenvalue weighted by Gasteiger charge is 2.23. The summed E-state index contributed by atoms with van der Waals surface area (Å²) in [7, 11) is 0. The van der Waals surface area contributed by atoms with E-state index >= 15 is 0 Å². The Kier molecular flexibility index (Phi) is 14.5. The van der Waals surface area contributed by atoms with E-state index in [1.165, 1.54) is 88.2 Å². The number of hydrogen-bond acceptors (Lipinski definition) is 3. The average Bonchev–Trinajstić information content (AvgIpc) is 2.95. The summed E-state index contributed by atoms with van der Waals surface area (Å²) in [6, 6.07) is 17.0. The van der Waals surface area contributed by atoms with Crippen LogP contribution in [-0.4, -0.2) is 19.8 Å². The van der Waals surface area contributed by atoms with Crippen LogP contribution >= 0.6 is 0 Å². The molecule has 0 bridgehead atoms. The fourth-order valence-electron chi connectivity index (χ4n) is 4.98. The Morgan fingerprint density at radius 3 is 1.95 bits per heavy atom. The highest BCUT2D eigenvalue weighted by molar-refractivity contribution is 5.64. The molecule has 0 atom stereocenters. The quantitative estimate of drug-likeness (QED) is 0.140. The monoisotopic (exact) mass is 506 g/mol. The summed E-state index contributed by atoms with van der Waals surface area (Å²) < 4.78 is 18.1. The Labute approximate surface area is 226 Å². The van der Waals surface area contributed by atoms with E-state index in [1.54, 1.807) is 0 Å². The van der Waals surface area contributed by atoms with Crippen LogP contribution in [0.25, 0.3) is 11.1 Å². The van der Waals surface area contributed by atoms with Gasteiger partial charge in [0.1, 0.15) is 5.75 Å². The fourth-order valence-corrected chi connectivity index (χ4v) is 4.98. The highest BCUT2D eigenvalue weighted by Crippen LogP contribution is 2.30. The summed E-state index contributed by atoms with van der Waals surface area (Å²) in [4.78, 5) is 0. The van der Waals surface area contributed by atoms with Crippen LogP contribution in [0.1, 0.15) is 109 Å². The van der Waals surface area contributed by atoms with Gasteiger partial charge in [0.05, 0.1) is 19.8 Å². The van der Waals surface area contributed by atoms with Crippen molar-refractivity contribution in [3.8, 4) is 16.9 Å². The molecule has 0 aromatic heterocycles. The lowest BCUT2D eigenvalue weighted by atomic mass is 10.0.